The number of hydrogen-bond acceptors (Lipinski definition) is 4. The van der Waals surface area contributed by atoms with Crippen molar-refractivity contribution in [2.45, 2.75) is 26.4 Å². The fraction of sp³-hybridized carbons (Fsp3) is 0.600. The van der Waals surface area contributed by atoms with Gasteiger partial charge in [0.2, 0.25) is 0 Å². The summed E-state index contributed by atoms with van der Waals surface area (Å²) in [6.45, 7) is 5.49. The van der Waals surface area contributed by atoms with Gasteiger partial charge in [0.25, 0.3) is 5.91 Å². The number of nitrogens with zero attached hydrogens (tertiary/aromatic N) is 2. The van der Waals surface area contributed by atoms with Crippen LogP contribution in [0, 0.1) is 6.92 Å². The lowest BCUT2D eigenvalue weighted by Gasteiger charge is -2.24. The van der Waals surface area contributed by atoms with Gasteiger partial charge in [0, 0.05) is 19.0 Å². The summed E-state index contributed by atoms with van der Waals surface area (Å²) in [5.41, 5.74) is -0.431. The fourth-order valence-electron chi connectivity index (χ4n) is 1.31. The Bertz CT molecular complexity index is 355. The Balaban J connectivity index is 2.69. The van der Waals surface area contributed by atoms with Gasteiger partial charge in [0.1, 0.15) is 5.69 Å². The van der Waals surface area contributed by atoms with Gasteiger partial charge < -0.3 is 10.0 Å². The van der Waals surface area contributed by atoms with Gasteiger partial charge in [-0.1, -0.05) is 0 Å². The molecule has 0 bridgehead atoms. The largest absolute Gasteiger partial charge is 0.389 e. The minimum absolute atomic E-state index is 0.151. The van der Waals surface area contributed by atoms with Crippen molar-refractivity contribution in [3.63, 3.8) is 0 Å². The molecular weight excluding hydrogens is 212 g/mol. The number of likely N-dealkylation sites (N-methyl/N-ethyl adjacent to an activating group) is 1. The van der Waals surface area contributed by atoms with E-state index in [0.29, 0.717) is 12.2 Å². The van der Waals surface area contributed by atoms with Crippen LogP contribution in [-0.4, -0.2) is 40.1 Å². The number of carbonyl (C=O) groups is 1. The SMILES string of the molecule is Cc1nc(C(=O)N(C)CC(C)(C)O)cs1. The molecule has 0 aliphatic heterocycles. The first-order valence-corrected chi connectivity index (χ1v) is 5.57. The highest BCUT2D eigenvalue weighted by Crippen LogP contribution is 2.11. The van der Waals surface area contributed by atoms with Gasteiger partial charge in [0.05, 0.1) is 10.6 Å². The van der Waals surface area contributed by atoms with Gasteiger partial charge in [-0.25, -0.2) is 4.98 Å². The second kappa shape index (κ2) is 4.28. The van der Waals surface area contributed by atoms with Crippen LogP contribution in [0.1, 0.15) is 29.3 Å². The van der Waals surface area contributed by atoms with Crippen LogP contribution in [0.4, 0.5) is 0 Å². The smallest absolute Gasteiger partial charge is 0.273 e. The highest BCUT2D eigenvalue weighted by atomic mass is 32.1. The van der Waals surface area contributed by atoms with Crippen LogP contribution in [0.5, 0.6) is 0 Å². The number of carbonyl (C=O) groups excluding carboxylic acids is 1. The van der Waals surface area contributed by atoms with Gasteiger partial charge in [-0.15, -0.1) is 11.3 Å². The molecule has 84 valence electrons. The van der Waals surface area contributed by atoms with Gasteiger partial charge in [-0.2, -0.15) is 0 Å². The second-order valence-corrected chi connectivity index (χ2v) is 5.29. The monoisotopic (exact) mass is 228 g/mol. The Kier molecular flexibility index (Phi) is 3.46. The number of thiazole rings is 1. The Morgan fingerprint density at radius 3 is 2.67 bits per heavy atom. The summed E-state index contributed by atoms with van der Waals surface area (Å²) in [4.78, 5) is 17.4. The zero-order chi connectivity index (χ0) is 11.6. The molecule has 0 unspecified atom stereocenters. The molecule has 0 fully saturated rings. The van der Waals surface area contributed by atoms with E-state index in [2.05, 4.69) is 4.98 Å². The molecule has 1 rings (SSSR count). The van der Waals surface area contributed by atoms with Crippen molar-refractivity contribution in [1.29, 1.82) is 0 Å². The van der Waals surface area contributed by atoms with Gasteiger partial charge >= 0.3 is 0 Å². The fourth-order valence-corrected chi connectivity index (χ4v) is 1.90. The Morgan fingerprint density at radius 2 is 2.27 bits per heavy atom. The molecule has 1 amide bonds. The molecule has 0 atom stereocenters. The van der Waals surface area contributed by atoms with Gasteiger partial charge in [-0.3, -0.25) is 4.79 Å². The predicted octanol–water partition coefficient (Wildman–Crippen LogP) is 1.29. The molecule has 15 heavy (non-hydrogen) atoms. The highest BCUT2D eigenvalue weighted by Gasteiger charge is 2.21. The van der Waals surface area contributed by atoms with Crippen LogP contribution in [0.3, 0.4) is 0 Å². The first kappa shape index (κ1) is 12.1. The van der Waals surface area contributed by atoms with Crippen LogP contribution in [-0.2, 0) is 0 Å². The summed E-state index contributed by atoms with van der Waals surface area (Å²) < 4.78 is 0. The lowest BCUT2D eigenvalue weighted by Crippen LogP contribution is -2.39. The number of aryl methyl sites for hydroxylation is 1. The van der Waals surface area contributed by atoms with E-state index in [1.165, 1.54) is 16.2 Å². The Morgan fingerprint density at radius 1 is 1.67 bits per heavy atom. The molecule has 1 aromatic heterocycles. The molecule has 0 radical (unpaired) electrons. The maximum Gasteiger partial charge on any atom is 0.273 e. The van der Waals surface area contributed by atoms with Crippen LogP contribution in [0.2, 0.25) is 0 Å². The number of hydrogen-bond donors (Lipinski definition) is 1. The molecule has 4 nitrogen and oxygen atoms in total. The molecule has 1 heterocycles. The average Bonchev–Trinajstić information content (AvgIpc) is 2.47. The number of rotatable bonds is 3. The van der Waals surface area contributed by atoms with Crippen molar-refractivity contribution in [3.05, 3.63) is 16.1 Å². The zero-order valence-corrected chi connectivity index (χ0v) is 10.3. The highest BCUT2D eigenvalue weighted by molar-refractivity contribution is 7.09. The van der Waals surface area contributed by atoms with Crippen molar-refractivity contribution in [2.75, 3.05) is 13.6 Å². The van der Waals surface area contributed by atoms with Gasteiger partial charge in [0.15, 0.2) is 0 Å². The molecule has 0 aromatic carbocycles. The zero-order valence-electron chi connectivity index (χ0n) is 9.44. The first-order valence-electron chi connectivity index (χ1n) is 4.69. The molecule has 1 aromatic rings. The van der Waals surface area contributed by atoms with E-state index < -0.39 is 5.60 Å². The lowest BCUT2D eigenvalue weighted by atomic mass is 10.1. The van der Waals surface area contributed by atoms with Crippen molar-refractivity contribution in [1.82, 2.24) is 9.88 Å². The summed E-state index contributed by atoms with van der Waals surface area (Å²) in [5, 5.41) is 12.2. The summed E-state index contributed by atoms with van der Waals surface area (Å²) >= 11 is 1.45. The Labute approximate surface area is 93.6 Å². The standard InChI is InChI=1S/C10H16N2O2S/c1-7-11-8(5-15-7)9(13)12(4)6-10(2,3)14/h5,14H,6H2,1-4H3. The molecule has 0 spiro atoms. The maximum atomic E-state index is 11.8. The summed E-state index contributed by atoms with van der Waals surface area (Å²) in [5.74, 6) is -0.151. The van der Waals surface area contributed by atoms with E-state index in [4.69, 9.17) is 0 Å². The van der Waals surface area contributed by atoms with Crippen LogP contribution in [0.25, 0.3) is 0 Å². The molecule has 5 heteroatoms. The van der Waals surface area contributed by atoms with Crippen molar-refractivity contribution < 1.29 is 9.90 Å². The quantitative estimate of drug-likeness (QED) is 0.848. The predicted molar refractivity (Wildman–Crippen MR) is 60.1 cm³/mol. The summed E-state index contributed by atoms with van der Waals surface area (Å²) in [7, 11) is 1.66. The molecule has 0 aliphatic carbocycles. The summed E-state index contributed by atoms with van der Waals surface area (Å²) in [6, 6.07) is 0. The molecule has 0 saturated heterocycles. The van der Waals surface area contributed by atoms with E-state index in [-0.39, 0.29) is 5.91 Å². The van der Waals surface area contributed by atoms with E-state index in [1.807, 2.05) is 6.92 Å². The topological polar surface area (TPSA) is 53.4 Å². The number of aromatic nitrogens is 1. The number of amides is 1. The molecule has 1 N–H and O–H groups in total. The lowest BCUT2D eigenvalue weighted by molar-refractivity contribution is 0.0365. The molecule has 0 aliphatic rings. The third kappa shape index (κ3) is 3.60. The third-order valence-electron chi connectivity index (χ3n) is 1.81. The van der Waals surface area contributed by atoms with Gasteiger partial charge in [-0.05, 0) is 20.8 Å². The normalized spacial score (nSPS) is 11.5. The minimum Gasteiger partial charge on any atom is -0.389 e. The third-order valence-corrected chi connectivity index (χ3v) is 2.58. The molecule has 0 saturated carbocycles. The van der Waals surface area contributed by atoms with Crippen LogP contribution >= 0.6 is 11.3 Å². The Hall–Kier alpha value is -0.940. The van der Waals surface area contributed by atoms with Crippen molar-refractivity contribution in [2.24, 2.45) is 0 Å². The van der Waals surface area contributed by atoms with Crippen molar-refractivity contribution in [3.8, 4) is 0 Å². The minimum atomic E-state index is -0.879. The maximum absolute atomic E-state index is 11.8. The average molecular weight is 228 g/mol. The van der Waals surface area contributed by atoms with Crippen molar-refractivity contribution >= 4 is 17.2 Å². The summed E-state index contributed by atoms with van der Waals surface area (Å²) in [6.07, 6.45) is 0. The number of aliphatic hydroxyl groups is 1. The van der Waals surface area contributed by atoms with E-state index >= 15 is 0 Å². The molecular formula is C10H16N2O2S. The van der Waals surface area contributed by atoms with E-state index in [0.717, 1.165) is 5.01 Å². The first-order chi connectivity index (χ1) is 6.79. The van der Waals surface area contributed by atoms with E-state index in [1.54, 1.807) is 26.3 Å². The van der Waals surface area contributed by atoms with E-state index in [9.17, 15) is 9.90 Å². The second-order valence-electron chi connectivity index (χ2n) is 4.23. The van der Waals surface area contributed by atoms with Crippen LogP contribution in [0.15, 0.2) is 5.38 Å². The van der Waals surface area contributed by atoms with Crippen LogP contribution < -0.4 is 0 Å².